The number of sulfone groups is 1. The number of hydrogen-bond acceptors (Lipinski definition) is 5. The average molecular weight is 373 g/mol. The molecule has 1 unspecified atom stereocenters. The Morgan fingerprint density at radius 3 is 2.73 bits per heavy atom. The van der Waals surface area contributed by atoms with Crippen LogP contribution in [0.3, 0.4) is 0 Å². The fourth-order valence-electron chi connectivity index (χ4n) is 3.63. The van der Waals surface area contributed by atoms with Gasteiger partial charge in [0.25, 0.3) is 0 Å². The first-order chi connectivity index (χ1) is 12.4. The Morgan fingerprint density at radius 2 is 2.04 bits per heavy atom. The fourth-order valence-corrected chi connectivity index (χ4v) is 4.51. The first-order valence-corrected chi connectivity index (χ1v) is 10.5. The molecular weight excluding hydrogens is 353 g/mol. The molecule has 0 aliphatic carbocycles. The zero-order valence-corrected chi connectivity index (χ0v) is 15.2. The first kappa shape index (κ1) is 17.2. The van der Waals surface area contributed by atoms with E-state index in [4.69, 9.17) is 4.99 Å². The van der Waals surface area contributed by atoms with Crippen LogP contribution < -0.4 is 20.8 Å². The number of fused-ring (bicyclic) bond motifs is 1. The van der Waals surface area contributed by atoms with E-state index in [1.54, 1.807) is 24.4 Å². The van der Waals surface area contributed by atoms with E-state index in [0.29, 0.717) is 16.3 Å². The van der Waals surface area contributed by atoms with E-state index in [1.807, 2.05) is 17.0 Å². The van der Waals surface area contributed by atoms with Crippen molar-refractivity contribution in [3.63, 3.8) is 0 Å². The number of nitrogens with zero attached hydrogens (tertiary/aromatic N) is 2. The van der Waals surface area contributed by atoms with Crippen LogP contribution in [0.2, 0.25) is 0 Å². The van der Waals surface area contributed by atoms with Crippen molar-refractivity contribution >= 4 is 21.7 Å². The highest BCUT2D eigenvalue weighted by Crippen LogP contribution is 2.25. The molecule has 0 amide bonds. The quantitative estimate of drug-likeness (QED) is 0.878. The van der Waals surface area contributed by atoms with Crippen molar-refractivity contribution in [3.8, 4) is 0 Å². The molecule has 4 rings (SSSR count). The Bertz CT molecular complexity index is 1060. The summed E-state index contributed by atoms with van der Waals surface area (Å²) in [6, 6.07) is 11.5. The van der Waals surface area contributed by atoms with Crippen molar-refractivity contribution in [2.45, 2.75) is 29.9 Å². The molecular formula is C19H20FN3O2S. The maximum Gasteiger partial charge on any atom is 0.176 e. The minimum Gasteiger partial charge on any atom is -0.323 e. The fraction of sp³-hybridized carbons (Fsp3) is 0.316. The van der Waals surface area contributed by atoms with Gasteiger partial charge in [-0.25, -0.2) is 12.8 Å². The third kappa shape index (κ3) is 3.12. The van der Waals surface area contributed by atoms with Gasteiger partial charge in [0.1, 0.15) is 12.0 Å². The van der Waals surface area contributed by atoms with Gasteiger partial charge in [0.15, 0.2) is 9.84 Å². The van der Waals surface area contributed by atoms with Crippen molar-refractivity contribution in [2.75, 3.05) is 17.7 Å². The van der Waals surface area contributed by atoms with Crippen LogP contribution in [-0.4, -0.2) is 33.4 Å². The second-order valence-corrected chi connectivity index (χ2v) is 8.71. The van der Waals surface area contributed by atoms with Crippen molar-refractivity contribution in [1.82, 2.24) is 5.32 Å². The number of anilines is 1. The van der Waals surface area contributed by atoms with Crippen LogP contribution in [0.1, 0.15) is 12.8 Å². The summed E-state index contributed by atoms with van der Waals surface area (Å²) in [5, 5.41) is 4.65. The molecule has 26 heavy (non-hydrogen) atoms. The molecule has 0 spiro atoms. The third-order valence-corrected chi connectivity index (χ3v) is 5.99. The molecule has 2 atom stereocenters. The second kappa shape index (κ2) is 6.48. The van der Waals surface area contributed by atoms with Crippen LogP contribution in [-0.2, 0) is 9.84 Å². The molecule has 2 aromatic carbocycles. The molecule has 2 aromatic rings. The number of rotatable bonds is 3. The SMILES string of the molecule is CS(=O)(=O)c1cccc2c1=CN(c1cccc(F)c1)[C@H](C1CCCN1)N=2. The van der Waals surface area contributed by atoms with E-state index >= 15 is 0 Å². The normalized spacial score (nSPS) is 22.5. The Labute approximate surface area is 151 Å². The van der Waals surface area contributed by atoms with Crippen LogP contribution in [0.15, 0.2) is 52.4 Å². The van der Waals surface area contributed by atoms with E-state index in [-0.39, 0.29) is 22.9 Å². The molecule has 2 heterocycles. The zero-order chi connectivity index (χ0) is 18.3. The molecule has 2 aliphatic heterocycles. The van der Waals surface area contributed by atoms with Crippen LogP contribution in [0, 0.1) is 5.82 Å². The average Bonchev–Trinajstić information content (AvgIpc) is 3.13. The molecule has 0 saturated carbocycles. The molecule has 7 heteroatoms. The Kier molecular flexibility index (Phi) is 4.28. The van der Waals surface area contributed by atoms with Gasteiger partial charge in [0, 0.05) is 29.4 Å². The van der Waals surface area contributed by atoms with E-state index in [2.05, 4.69) is 5.32 Å². The van der Waals surface area contributed by atoms with Crippen molar-refractivity contribution in [1.29, 1.82) is 0 Å². The van der Waals surface area contributed by atoms with Gasteiger partial charge in [-0.15, -0.1) is 0 Å². The molecule has 0 aromatic heterocycles. The lowest BCUT2D eigenvalue weighted by Crippen LogP contribution is -2.51. The molecule has 1 saturated heterocycles. The number of hydrogen-bond donors (Lipinski definition) is 1. The van der Waals surface area contributed by atoms with E-state index in [1.165, 1.54) is 18.4 Å². The monoisotopic (exact) mass is 373 g/mol. The smallest absolute Gasteiger partial charge is 0.176 e. The van der Waals surface area contributed by atoms with Gasteiger partial charge >= 0.3 is 0 Å². The molecule has 1 N–H and O–H groups in total. The highest BCUT2D eigenvalue weighted by Gasteiger charge is 2.31. The molecule has 1 fully saturated rings. The lowest BCUT2D eigenvalue weighted by molar-refractivity contribution is 0.482. The van der Waals surface area contributed by atoms with Gasteiger partial charge in [-0.2, -0.15) is 0 Å². The highest BCUT2D eigenvalue weighted by molar-refractivity contribution is 7.90. The summed E-state index contributed by atoms with van der Waals surface area (Å²) >= 11 is 0. The van der Waals surface area contributed by atoms with Gasteiger partial charge in [-0.05, 0) is 49.7 Å². The molecule has 5 nitrogen and oxygen atoms in total. The van der Waals surface area contributed by atoms with Gasteiger partial charge in [-0.3, -0.25) is 4.99 Å². The summed E-state index contributed by atoms with van der Waals surface area (Å²) in [5.74, 6) is -0.337. The zero-order valence-electron chi connectivity index (χ0n) is 14.4. The summed E-state index contributed by atoms with van der Waals surface area (Å²) in [6.45, 7) is 0.921. The highest BCUT2D eigenvalue weighted by atomic mass is 32.2. The van der Waals surface area contributed by atoms with Gasteiger partial charge < -0.3 is 10.2 Å². The predicted octanol–water partition coefficient (Wildman–Crippen LogP) is 1.19. The summed E-state index contributed by atoms with van der Waals surface area (Å²) in [4.78, 5) is 6.95. The standard InChI is InChI=1S/C19H20FN3O2S/c1-26(24,25)18-9-3-7-16-15(18)12-23(14-6-2-5-13(20)11-14)19(22-16)17-8-4-10-21-17/h2-3,5-7,9,11-12,17,19,21H,4,8,10H2,1H3/t17?,19-/m1/s1. The maximum absolute atomic E-state index is 13.8. The van der Waals surface area contributed by atoms with Crippen molar-refractivity contribution in [3.05, 3.63) is 58.9 Å². The lowest BCUT2D eigenvalue weighted by atomic mass is 10.1. The summed E-state index contributed by atoms with van der Waals surface area (Å²) in [6.07, 6.45) is 4.76. The number of halogens is 1. The van der Waals surface area contributed by atoms with Crippen molar-refractivity contribution in [2.24, 2.45) is 4.99 Å². The number of benzene rings is 2. The van der Waals surface area contributed by atoms with Crippen molar-refractivity contribution < 1.29 is 12.8 Å². The summed E-state index contributed by atoms with van der Waals surface area (Å²) in [5.41, 5.74) is 0.654. The minimum absolute atomic E-state index is 0.129. The van der Waals surface area contributed by atoms with Crippen LogP contribution >= 0.6 is 0 Å². The second-order valence-electron chi connectivity index (χ2n) is 6.72. The third-order valence-electron chi connectivity index (χ3n) is 4.83. The first-order valence-electron chi connectivity index (χ1n) is 8.59. The lowest BCUT2D eigenvalue weighted by Gasteiger charge is -2.34. The van der Waals surface area contributed by atoms with Crippen LogP contribution in [0.4, 0.5) is 10.1 Å². The van der Waals surface area contributed by atoms with Crippen LogP contribution in [0.25, 0.3) is 6.20 Å². The van der Waals surface area contributed by atoms with Gasteiger partial charge in [0.05, 0.1) is 10.3 Å². The van der Waals surface area contributed by atoms with E-state index in [9.17, 15) is 12.8 Å². The van der Waals surface area contributed by atoms with E-state index in [0.717, 1.165) is 19.4 Å². The van der Waals surface area contributed by atoms with Crippen LogP contribution in [0.5, 0.6) is 0 Å². The maximum atomic E-state index is 13.8. The molecule has 0 bridgehead atoms. The minimum atomic E-state index is -3.40. The largest absolute Gasteiger partial charge is 0.323 e. The number of nitrogens with one attached hydrogen (secondary N) is 1. The summed E-state index contributed by atoms with van der Waals surface area (Å²) in [7, 11) is -3.40. The van der Waals surface area contributed by atoms with Gasteiger partial charge in [0.2, 0.25) is 0 Å². The van der Waals surface area contributed by atoms with E-state index < -0.39 is 9.84 Å². The Morgan fingerprint density at radius 1 is 1.23 bits per heavy atom. The molecule has 0 radical (unpaired) electrons. The Hall–Kier alpha value is -2.25. The molecule has 2 aliphatic rings. The Balaban J connectivity index is 1.94. The van der Waals surface area contributed by atoms with Gasteiger partial charge in [-0.1, -0.05) is 12.1 Å². The topological polar surface area (TPSA) is 61.8 Å². The summed E-state index contributed by atoms with van der Waals surface area (Å²) < 4.78 is 38.2. The predicted molar refractivity (Wildman–Crippen MR) is 98.5 cm³/mol. The molecule has 136 valence electrons.